The summed E-state index contributed by atoms with van der Waals surface area (Å²) in [5.41, 5.74) is 0.981. The molecule has 1 aromatic rings. The van der Waals surface area contributed by atoms with Gasteiger partial charge in [0.15, 0.2) is 0 Å². The van der Waals surface area contributed by atoms with Gasteiger partial charge < -0.3 is 15.1 Å². The molecule has 3 rings (SSSR count). The van der Waals surface area contributed by atoms with Gasteiger partial charge in [-0.3, -0.25) is 9.69 Å². The van der Waals surface area contributed by atoms with Gasteiger partial charge in [0.1, 0.15) is 11.2 Å². The molecule has 0 radical (unpaired) electrons. The molecule has 2 atom stereocenters. The SMILES string of the molecule is CCC[C@@]1(C(=O)O)CN(C2CCN(c3ccc(F)cc3C)CC2)CC[C@H]1O. The van der Waals surface area contributed by atoms with E-state index >= 15 is 0 Å². The third kappa shape index (κ3) is 3.97. The zero-order chi connectivity index (χ0) is 19.6. The van der Waals surface area contributed by atoms with Crippen LogP contribution in [0.4, 0.5) is 10.1 Å². The van der Waals surface area contributed by atoms with E-state index in [0.29, 0.717) is 25.4 Å². The lowest BCUT2D eigenvalue weighted by atomic mass is 9.73. The number of benzene rings is 1. The molecule has 0 aromatic heterocycles. The standard InChI is InChI=1S/C21H31FN2O3/c1-3-9-21(20(26)27)14-24(12-8-19(21)25)17-6-10-23(11-7-17)18-5-4-16(22)13-15(18)2/h4-5,13,17,19,25H,3,6-12,14H2,1-2H3,(H,26,27)/t19-,21-/m1/s1. The summed E-state index contributed by atoms with van der Waals surface area (Å²) in [7, 11) is 0. The second kappa shape index (κ2) is 8.15. The molecule has 27 heavy (non-hydrogen) atoms. The molecule has 0 unspecified atom stereocenters. The van der Waals surface area contributed by atoms with Crippen LogP contribution >= 0.6 is 0 Å². The van der Waals surface area contributed by atoms with E-state index in [9.17, 15) is 19.4 Å². The maximum Gasteiger partial charge on any atom is 0.313 e. The van der Waals surface area contributed by atoms with E-state index in [2.05, 4.69) is 9.80 Å². The molecule has 2 aliphatic heterocycles. The number of rotatable bonds is 5. The number of carbonyl (C=O) groups is 1. The van der Waals surface area contributed by atoms with E-state index in [4.69, 9.17) is 0 Å². The highest BCUT2D eigenvalue weighted by atomic mass is 19.1. The minimum absolute atomic E-state index is 0.209. The Morgan fingerprint density at radius 2 is 1.96 bits per heavy atom. The Morgan fingerprint density at radius 1 is 1.26 bits per heavy atom. The number of aliphatic hydroxyl groups excluding tert-OH is 1. The Kier molecular flexibility index (Phi) is 6.06. The fraction of sp³-hybridized carbons (Fsp3) is 0.667. The summed E-state index contributed by atoms with van der Waals surface area (Å²) < 4.78 is 13.4. The molecule has 1 aromatic carbocycles. The van der Waals surface area contributed by atoms with E-state index in [1.54, 1.807) is 6.07 Å². The number of hydrogen-bond acceptors (Lipinski definition) is 4. The zero-order valence-electron chi connectivity index (χ0n) is 16.3. The van der Waals surface area contributed by atoms with Crippen LogP contribution in [-0.4, -0.2) is 59.4 Å². The molecule has 0 amide bonds. The fourth-order valence-electron chi connectivity index (χ4n) is 4.88. The fourth-order valence-corrected chi connectivity index (χ4v) is 4.88. The van der Waals surface area contributed by atoms with Gasteiger partial charge in [-0.2, -0.15) is 0 Å². The molecule has 150 valence electrons. The second-order valence-corrected chi connectivity index (χ2v) is 8.14. The second-order valence-electron chi connectivity index (χ2n) is 8.14. The molecule has 2 N–H and O–H groups in total. The molecular weight excluding hydrogens is 347 g/mol. The van der Waals surface area contributed by atoms with Gasteiger partial charge in [-0.05, 0) is 56.4 Å². The monoisotopic (exact) mass is 378 g/mol. The third-order valence-corrected chi connectivity index (χ3v) is 6.42. The van der Waals surface area contributed by atoms with Gasteiger partial charge in [-0.1, -0.05) is 13.3 Å². The van der Waals surface area contributed by atoms with Crippen molar-refractivity contribution >= 4 is 11.7 Å². The molecule has 0 aliphatic carbocycles. The molecule has 2 fully saturated rings. The van der Waals surface area contributed by atoms with Crippen molar-refractivity contribution < 1.29 is 19.4 Å². The number of aliphatic hydroxyl groups is 1. The quantitative estimate of drug-likeness (QED) is 0.825. The molecule has 0 bridgehead atoms. The smallest absolute Gasteiger partial charge is 0.313 e. The van der Waals surface area contributed by atoms with Crippen LogP contribution in [0.25, 0.3) is 0 Å². The number of hydrogen-bond donors (Lipinski definition) is 2. The van der Waals surface area contributed by atoms with Crippen molar-refractivity contribution in [3.8, 4) is 0 Å². The molecule has 2 heterocycles. The highest BCUT2D eigenvalue weighted by Gasteiger charge is 2.49. The Labute approximate surface area is 160 Å². The summed E-state index contributed by atoms with van der Waals surface area (Å²) in [5.74, 6) is -1.08. The van der Waals surface area contributed by atoms with E-state index in [1.807, 2.05) is 19.9 Å². The molecule has 2 saturated heterocycles. The maximum absolute atomic E-state index is 13.4. The van der Waals surface area contributed by atoms with Gasteiger partial charge in [0.25, 0.3) is 0 Å². The Morgan fingerprint density at radius 3 is 2.56 bits per heavy atom. The average molecular weight is 378 g/mol. The number of piperidine rings is 2. The summed E-state index contributed by atoms with van der Waals surface area (Å²) in [6, 6.07) is 5.26. The summed E-state index contributed by atoms with van der Waals surface area (Å²) in [5, 5.41) is 20.3. The molecule has 6 heteroatoms. The van der Waals surface area contributed by atoms with Crippen LogP contribution in [-0.2, 0) is 4.79 Å². The van der Waals surface area contributed by atoms with Crippen molar-refractivity contribution in [2.24, 2.45) is 5.41 Å². The normalized spacial score (nSPS) is 27.7. The zero-order valence-corrected chi connectivity index (χ0v) is 16.3. The molecule has 0 spiro atoms. The topological polar surface area (TPSA) is 64.0 Å². The average Bonchev–Trinajstić information content (AvgIpc) is 2.64. The van der Waals surface area contributed by atoms with E-state index in [1.165, 1.54) is 6.07 Å². The number of aliphatic carboxylic acids is 1. The highest BCUT2D eigenvalue weighted by Crippen LogP contribution is 2.37. The third-order valence-electron chi connectivity index (χ3n) is 6.42. The lowest BCUT2D eigenvalue weighted by Crippen LogP contribution is -2.59. The Hall–Kier alpha value is -1.66. The van der Waals surface area contributed by atoms with Gasteiger partial charge in [0.2, 0.25) is 0 Å². The predicted molar refractivity (Wildman–Crippen MR) is 104 cm³/mol. The highest BCUT2D eigenvalue weighted by molar-refractivity contribution is 5.76. The number of nitrogens with zero attached hydrogens (tertiary/aromatic N) is 2. The molecular formula is C21H31FN2O3. The van der Waals surface area contributed by atoms with Gasteiger partial charge in [0, 0.05) is 37.9 Å². The molecule has 0 saturated carbocycles. The number of aryl methyl sites for hydroxylation is 1. The van der Waals surface area contributed by atoms with E-state index in [-0.39, 0.29) is 5.82 Å². The van der Waals surface area contributed by atoms with Gasteiger partial charge in [-0.25, -0.2) is 4.39 Å². The minimum atomic E-state index is -1.04. The summed E-state index contributed by atoms with van der Waals surface area (Å²) in [6.45, 7) is 6.84. The number of likely N-dealkylation sites (tertiary alicyclic amines) is 1. The van der Waals surface area contributed by atoms with Crippen LogP contribution in [0.2, 0.25) is 0 Å². The van der Waals surface area contributed by atoms with Crippen LogP contribution in [0, 0.1) is 18.2 Å². The largest absolute Gasteiger partial charge is 0.481 e. The van der Waals surface area contributed by atoms with Crippen molar-refractivity contribution in [1.29, 1.82) is 0 Å². The first-order chi connectivity index (χ1) is 12.9. The van der Waals surface area contributed by atoms with Gasteiger partial charge in [-0.15, -0.1) is 0 Å². The molecule has 5 nitrogen and oxygen atoms in total. The number of halogens is 1. The van der Waals surface area contributed by atoms with Crippen molar-refractivity contribution in [3.05, 3.63) is 29.6 Å². The van der Waals surface area contributed by atoms with Crippen LogP contribution in [0.3, 0.4) is 0 Å². The number of anilines is 1. The van der Waals surface area contributed by atoms with Crippen LogP contribution in [0.5, 0.6) is 0 Å². The summed E-state index contributed by atoms with van der Waals surface area (Å²) >= 11 is 0. The maximum atomic E-state index is 13.4. The predicted octanol–water partition coefficient (Wildman–Crippen LogP) is 3.04. The minimum Gasteiger partial charge on any atom is -0.481 e. The molecule has 2 aliphatic rings. The van der Waals surface area contributed by atoms with Crippen LogP contribution in [0.1, 0.15) is 44.6 Å². The van der Waals surface area contributed by atoms with Crippen LogP contribution < -0.4 is 4.90 Å². The van der Waals surface area contributed by atoms with E-state index in [0.717, 1.165) is 50.1 Å². The van der Waals surface area contributed by atoms with Crippen molar-refractivity contribution in [2.45, 2.75) is 58.1 Å². The number of carboxylic acids is 1. The first-order valence-electron chi connectivity index (χ1n) is 10.0. The number of carboxylic acid groups (broad SMARTS) is 1. The van der Waals surface area contributed by atoms with E-state index < -0.39 is 17.5 Å². The summed E-state index contributed by atoms with van der Waals surface area (Å²) in [4.78, 5) is 16.6. The first-order valence-corrected chi connectivity index (χ1v) is 10.0. The Balaban J connectivity index is 1.66. The first kappa shape index (κ1) is 20.1. The summed E-state index contributed by atoms with van der Waals surface area (Å²) in [6.07, 6.45) is 2.91. The van der Waals surface area contributed by atoms with Gasteiger partial charge >= 0.3 is 5.97 Å². The van der Waals surface area contributed by atoms with Crippen molar-refractivity contribution in [1.82, 2.24) is 4.90 Å². The van der Waals surface area contributed by atoms with Crippen molar-refractivity contribution in [2.75, 3.05) is 31.1 Å². The lowest BCUT2D eigenvalue weighted by Gasteiger charge is -2.48. The van der Waals surface area contributed by atoms with Gasteiger partial charge in [0.05, 0.1) is 6.10 Å². The lowest BCUT2D eigenvalue weighted by molar-refractivity contribution is -0.166. The van der Waals surface area contributed by atoms with Crippen LogP contribution in [0.15, 0.2) is 18.2 Å². The van der Waals surface area contributed by atoms with Crippen molar-refractivity contribution in [3.63, 3.8) is 0 Å². The Bertz CT molecular complexity index is 675.